The molecule has 2 aliphatic carbocycles. The number of nitrogens with zero attached hydrogens (tertiary/aromatic N) is 3. The largest absolute Gasteiger partial charge is 0.478 e. The third kappa shape index (κ3) is 6.26. The van der Waals surface area contributed by atoms with Crippen molar-refractivity contribution in [1.82, 2.24) is 19.7 Å². The van der Waals surface area contributed by atoms with Crippen molar-refractivity contribution in [2.45, 2.75) is 58.3 Å². The van der Waals surface area contributed by atoms with Gasteiger partial charge in [-0.1, -0.05) is 0 Å². The first-order valence-corrected chi connectivity index (χ1v) is 15.2. The number of aryl methyl sites for hydroxylation is 2. The number of fused-ring (bicyclic) bond motifs is 1. The quantitative estimate of drug-likeness (QED) is 0.233. The van der Waals surface area contributed by atoms with E-state index in [2.05, 4.69) is 25.3 Å². The monoisotopic (exact) mass is 560 g/mol. The number of hydrogen-bond acceptors (Lipinski definition) is 11. The Hall–Kier alpha value is -3.00. The minimum absolute atomic E-state index is 0.0249. The van der Waals surface area contributed by atoms with Crippen molar-refractivity contribution in [3.05, 3.63) is 23.5 Å². The lowest BCUT2D eigenvalue weighted by molar-refractivity contribution is 0.0185. The van der Waals surface area contributed by atoms with Crippen LogP contribution in [0, 0.1) is 25.7 Å². The molecule has 3 aromatic rings. The van der Waals surface area contributed by atoms with Gasteiger partial charge in [0.05, 0.1) is 42.0 Å². The number of aliphatic hydroxyl groups is 2. The van der Waals surface area contributed by atoms with Gasteiger partial charge in [-0.15, -0.1) is 0 Å². The fraction of sp³-hybridized carbons (Fsp3) is 0.577. The van der Waals surface area contributed by atoms with E-state index >= 15 is 0 Å². The summed E-state index contributed by atoms with van der Waals surface area (Å²) < 4.78 is 37.4. The Morgan fingerprint density at radius 2 is 1.85 bits per heavy atom. The summed E-state index contributed by atoms with van der Waals surface area (Å²) in [4.78, 5) is 13.9. The Labute approximate surface area is 227 Å². The first-order valence-electron chi connectivity index (χ1n) is 13.3. The van der Waals surface area contributed by atoms with Crippen LogP contribution in [-0.2, 0) is 10.0 Å². The fourth-order valence-corrected chi connectivity index (χ4v) is 5.55. The van der Waals surface area contributed by atoms with Crippen molar-refractivity contribution < 1.29 is 27.8 Å². The van der Waals surface area contributed by atoms with E-state index in [1.807, 2.05) is 32.9 Å². The highest BCUT2D eigenvalue weighted by Crippen LogP contribution is 2.38. The van der Waals surface area contributed by atoms with Crippen molar-refractivity contribution in [2.75, 3.05) is 36.6 Å². The Bertz CT molecular complexity index is 1460. The number of pyridine rings is 1. The second kappa shape index (κ2) is 10.9. The minimum Gasteiger partial charge on any atom is -0.478 e. The van der Waals surface area contributed by atoms with E-state index in [4.69, 9.17) is 14.1 Å². The van der Waals surface area contributed by atoms with Crippen LogP contribution in [0.2, 0.25) is 0 Å². The summed E-state index contributed by atoms with van der Waals surface area (Å²) in [5, 5.41) is 28.9. The molecule has 3 aromatic heterocycles. The molecule has 4 atom stereocenters. The number of anilines is 2. The van der Waals surface area contributed by atoms with Crippen LogP contribution in [0.1, 0.15) is 37.6 Å². The Morgan fingerprint density at radius 1 is 1.08 bits per heavy atom. The average molecular weight is 561 g/mol. The molecule has 0 aromatic carbocycles. The predicted octanol–water partition coefficient (Wildman–Crippen LogP) is 2.19. The van der Waals surface area contributed by atoms with Gasteiger partial charge in [-0.05, 0) is 52.0 Å². The summed E-state index contributed by atoms with van der Waals surface area (Å²) in [5.41, 5.74) is 2.61. The lowest BCUT2D eigenvalue weighted by Gasteiger charge is -2.21. The highest BCUT2D eigenvalue weighted by atomic mass is 32.2. The van der Waals surface area contributed by atoms with Crippen LogP contribution in [0.3, 0.4) is 0 Å². The first-order chi connectivity index (χ1) is 18.5. The van der Waals surface area contributed by atoms with E-state index in [0.29, 0.717) is 64.9 Å². The summed E-state index contributed by atoms with van der Waals surface area (Å²) >= 11 is 0. The van der Waals surface area contributed by atoms with Gasteiger partial charge >= 0.3 is 0 Å². The van der Waals surface area contributed by atoms with Crippen LogP contribution in [0.15, 0.2) is 16.5 Å². The summed E-state index contributed by atoms with van der Waals surface area (Å²) in [5.74, 6) is 2.09. The molecular weight excluding hydrogens is 524 g/mol. The van der Waals surface area contributed by atoms with Gasteiger partial charge in [0.15, 0.2) is 5.58 Å². The second-order valence-corrected chi connectivity index (χ2v) is 12.4. The molecule has 0 amide bonds. The van der Waals surface area contributed by atoms with E-state index in [9.17, 15) is 18.6 Å². The normalized spacial score (nSPS) is 23.3. The molecule has 5 rings (SSSR count). The van der Waals surface area contributed by atoms with Gasteiger partial charge in [0.2, 0.25) is 21.9 Å². The van der Waals surface area contributed by atoms with Crippen molar-refractivity contribution >= 4 is 32.8 Å². The second-order valence-electron chi connectivity index (χ2n) is 10.5. The van der Waals surface area contributed by atoms with Gasteiger partial charge in [-0.3, -0.25) is 0 Å². The topological polar surface area (TPSA) is 172 Å². The molecule has 2 fully saturated rings. The van der Waals surface area contributed by atoms with Crippen LogP contribution in [-0.4, -0.2) is 77.8 Å². The maximum absolute atomic E-state index is 11.6. The van der Waals surface area contributed by atoms with Crippen molar-refractivity contribution in [3.8, 4) is 17.2 Å². The molecule has 0 saturated heterocycles. The average Bonchev–Trinajstić information content (AvgIpc) is 3.54. The van der Waals surface area contributed by atoms with Crippen molar-refractivity contribution in [2.24, 2.45) is 11.8 Å². The maximum atomic E-state index is 11.6. The Morgan fingerprint density at radius 3 is 2.54 bits per heavy atom. The zero-order chi connectivity index (χ0) is 27.9. The Kier molecular flexibility index (Phi) is 7.68. The molecular formula is C26H36N6O6S. The number of hydrogen-bond donors (Lipinski definition) is 5. The fourth-order valence-electron chi connectivity index (χ4n) is 5.03. The van der Waals surface area contributed by atoms with Crippen LogP contribution in [0.25, 0.3) is 22.3 Å². The van der Waals surface area contributed by atoms with Crippen LogP contribution < -0.4 is 20.1 Å². The number of sulfonamides is 1. The minimum atomic E-state index is -3.43. The molecule has 5 N–H and O–H groups in total. The number of aliphatic hydroxyl groups excluding tert-OH is 2. The number of nitrogens with one attached hydrogen (secondary N) is 3. The number of ether oxygens (including phenoxy) is 1. The van der Waals surface area contributed by atoms with E-state index in [-0.39, 0.29) is 6.54 Å². The smallest absolute Gasteiger partial charge is 0.224 e. The lowest BCUT2D eigenvalue weighted by Crippen LogP contribution is -2.37. The Balaban J connectivity index is 1.49. The van der Waals surface area contributed by atoms with Gasteiger partial charge in [-0.2, -0.15) is 4.98 Å². The van der Waals surface area contributed by atoms with Gasteiger partial charge in [0.1, 0.15) is 17.7 Å². The third-order valence-corrected chi connectivity index (χ3v) is 7.94. The summed E-state index contributed by atoms with van der Waals surface area (Å²) in [6.07, 6.45) is 1.53. The van der Waals surface area contributed by atoms with Crippen molar-refractivity contribution in [3.63, 3.8) is 0 Å². The first kappa shape index (κ1) is 27.6. The molecule has 2 aliphatic rings. The molecule has 13 heteroatoms. The lowest BCUT2D eigenvalue weighted by atomic mass is 10.1. The maximum Gasteiger partial charge on any atom is 0.224 e. The highest BCUT2D eigenvalue weighted by Gasteiger charge is 2.42. The van der Waals surface area contributed by atoms with Crippen LogP contribution >= 0.6 is 0 Å². The van der Waals surface area contributed by atoms with E-state index in [1.54, 1.807) is 0 Å². The molecule has 0 unspecified atom stereocenters. The zero-order valence-corrected chi connectivity index (χ0v) is 23.4. The van der Waals surface area contributed by atoms with E-state index in [0.717, 1.165) is 18.2 Å². The van der Waals surface area contributed by atoms with E-state index < -0.39 is 34.2 Å². The van der Waals surface area contributed by atoms with Crippen LogP contribution in [0.5, 0.6) is 5.88 Å². The number of rotatable bonds is 11. The summed E-state index contributed by atoms with van der Waals surface area (Å²) in [7, 11) is -3.43. The zero-order valence-electron chi connectivity index (χ0n) is 22.6. The molecule has 12 nitrogen and oxygen atoms in total. The molecule has 39 heavy (non-hydrogen) atoms. The summed E-state index contributed by atoms with van der Waals surface area (Å²) in [6.45, 7) is 6.92. The molecule has 0 aliphatic heterocycles. The van der Waals surface area contributed by atoms with Crippen LogP contribution in [0.4, 0.5) is 11.8 Å². The number of furan rings is 1. The van der Waals surface area contributed by atoms with Gasteiger partial charge < -0.3 is 30.0 Å². The van der Waals surface area contributed by atoms with E-state index in [1.165, 1.54) is 12.8 Å². The predicted molar refractivity (Wildman–Crippen MR) is 147 cm³/mol. The molecule has 3 heterocycles. The molecule has 0 bridgehead atoms. The van der Waals surface area contributed by atoms with Gasteiger partial charge in [-0.25, -0.2) is 23.1 Å². The standard InChI is InChI=1S/C26H36N6O6S/c1-5-37-20-10-16-9-19(38-24(16)14(3)29-20)21-13(2)30-26(27-11-15-6-7-15)32-25(21)31-18-8-17(22(33)23(18)34)12-28-39(4,35)36/h9-10,15,17-18,22-23,28,33-34H,5-8,11-12H2,1-4H3,(H2,27,30,31,32)/t17-,18-,22-,23+/m1/s1. The molecule has 0 spiro atoms. The van der Waals surface area contributed by atoms with Crippen molar-refractivity contribution in [1.29, 1.82) is 0 Å². The van der Waals surface area contributed by atoms with Gasteiger partial charge in [0.25, 0.3) is 0 Å². The molecule has 212 valence electrons. The SMILES string of the molecule is CCOc1cc2cc(-c3c(C)nc(NCC4CC4)nc3N[C@@H]3C[C@H](CNS(C)(=O)=O)[C@@H](O)[C@H]3O)oc2c(C)n1. The summed E-state index contributed by atoms with van der Waals surface area (Å²) in [6, 6.07) is 3.14. The molecule has 2 saturated carbocycles. The highest BCUT2D eigenvalue weighted by molar-refractivity contribution is 7.88. The van der Waals surface area contributed by atoms with Gasteiger partial charge in [0, 0.05) is 30.5 Å². The number of aromatic nitrogens is 3. The third-order valence-electron chi connectivity index (χ3n) is 7.25. The molecule has 0 radical (unpaired) electrons.